The van der Waals surface area contributed by atoms with E-state index in [4.69, 9.17) is 0 Å². The van der Waals surface area contributed by atoms with Gasteiger partial charge in [0.1, 0.15) is 0 Å². The lowest BCUT2D eigenvalue weighted by atomic mass is 10.2. The molecule has 2 heteroatoms. The maximum Gasteiger partial charge on any atom is 0.0834 e. The monoisotopic (exact) mass is 158 g/mol. The maximum absolute atomic E-state index is 10.3. The van der Waals surface area contributed by atoms with Gasteiger partial charge in [-0.25, -0.2) is 5.11 Å². The number of rotatable bonds is 5. The molecule has 0 saturated heterocycles. The highest BCUT2D eigenvalue weighted by molar-refractivity contribution is 4.66. The van der Waals surface area contributed by atoms with Gasteiger partial charge in [0, 0.05) is 18.6 Å². The van der Waals surface area contributed by atoms with Crippen molar-refractivity contribution in [3.63, 3.8) is 0 Å². The fourth-order valence-corrected chi connectivity index (χ4v) is 1.36. The van der Waals surface area contributed by atoms with Crippen molar-refractivity contribution < 1.29 is 5.11 Å². The van der Waals surface area contributed by atoms with Crippen molar-refractivity contribution >= 4 is 0 Å². The summed E-state index contributed by atoms with van der Waals surface area (Å²) in [4.78, 5) is 2.35. The van der Waals surface area contributed by atoms with Crippen LogP contribution < -0.4 is 0 Å². The number of hydrogen-bond donors (Lipinski definition) is 0. The molecule has 0 rings (SSSR count). The van der Waals surface area contributed by atoms with Crippen molar-refractivity contribution in [2.24, 2.45) is 0 Å². The third-order valence-corrected chi connectivity index (χ3v) is 1.89. The van der Waals surface area contributed by atoms with Gasteiger partial charge >= 0.3 is 0 Å². The van der Waals surface area contributed by atoms with Gasteiger partial charge in [-0.3, -0.25) is 4.90 Å². The quantitative estimate of drug-likeness (QED) is 0.599. The summed E-state index contributed by atoms with van der Waals surface area (Å²) in [5.41, 5.74) is 0. The molecule has 0 unspecified atom stereocenters. The largest absolute Gasteiger partial charge is 0.298 e. The molecule has 0 fully saturated rings. The van der Waals surface area contributed by atoms with Crippen molar-refractivity contribution in [3.8, 4) is 0 Å². The van der Waals surface area contributed by atoms with E-state index in [1.807, 2.05) is 0 Å². The van der Waals surface area contributed by atoms with E-state index in [2.05, 4.69) is 32.6 Å². The van der Waals surface area contributed by atoms with Crippen molar-refractivity contribution in [2.45, 2.75) is 46.2 Å². The molecule has 0 aromatic rings. The summed E-state index contributed by atoms with van der Waals surface area (Å²) in [5.74, 6) is 0. The van der Waals surface area contributed by atoms with Crippen LogP contribution in [0.5, 0.6) is 0 Å². The molecule has 0 N–H and O–H groups in total. The lowest BCUT2D eigenvalue weighted by molar-refractivity contribution is 0.132. The highest BCUT2D eigenvalue weighted by Gasteiger charge is 2.11. The second kappa shape index (κ2) is 5.56. The topological polar surface area (TPSA) is 23.1 Å². The van der Waals surface area contributed by atoms with Crippen LogP contribution in [0.3, 0.4) is 0 Å². The molecule has 0 aliphatic carbocycles. The third kappa shape index (κ3) is 4.38. The first-order valence-electron chi connectivity index (χ1n) is 4.43. The predicted octanol–water partition coefficient (Wildman–Crippen LogP) is 1.93. The first-order valence-corrected chi connectivity index (χ1v) is 4.43. The Labute approximate surface area is 70.2 Å². The van der Waals surface area contributed by atoms with Crippen molar-refractivity contribution in [3.05, 3.63) is 0 Å². The molecular weight excluding hydrogens is 138 g/mol. The zero-order chi connectivity index (χ0) is 8.85. The summed E-state index contributed by atoms with van der Waals surface area (Å²) in [5, 5.41) is 10.3. The Morgan fingerprint density at radius 1 is 1.09 bits per heavy atom. The number of nitrogens with zero attached hydrogens (tertiary/aromatic N) is 1. The SMILES string of the molecule is CC(C)N(CCC[O])C(C)C. The standard InChI is InChI=1S/C9H20NO/c1-8(2)10(9(3)4)6-5-7-11/h8-9H,5-7H2,1-4H3. The van der Waals surface area contributed by atoms with Gasteiger partial charge in [-0.2, -0.15) is 0 Å². The summed E-state index contributed by atoms with van der Waals surface area (Å²) in [6, 6.07) is 1.11. The molecule has 0 aliphatic rings. The van der Waals surface area contributed by atoms with E-state index in [1.54, 1.807) is 0 Å². The molecule has 2 nitrogen and oxygen atoms in total. The Bertz CT molecular complexity index is 83.6. The zero-order valence-corrected chi connectivity index (χ0v) is 8.13. The highest BCUT2D eigenvalue weighted by Crippen LogP contribution is 2.04. The van der Waals surface area contributed by atoms with Crippen LogP contribution in [0.25, 0.3) is 0 Å². The van der Waals surface area contributed by atoms with Crippen molar-refractivity contribution in [1.29, 1.82) is 0 Å². The average Bonchev–Trinajstić information content (AvgIpc) is 1.87. The molecule has 0 aromatic carbocycles. The predicted molar refractivity (Wildman–Crippen MR) is 47.1 cm³/mol. The molecule has 0 aromatic heterocycles. The summed E-state index contributed by atoms with van der Waals surface area (Å²) >= 11 is 0. The smallest absolute Gasteiger partial charge is 0.0834 e. The van der Waals surface area contributed by atoms with Crippen LogP contribution in [0.2, 0.25) is 0 Å². The minimum Gasteiger partial charge on any atom is -0.298 e. The Morgan fingerprint density at radius 2 is 1.55 bits per heavy atom. The van der Waals surface area contributed by atoms with E-state index in [-0.39, 0.29) is 6.61 Å². The summed E-state index contributed by atoms with van der Waals surface area (Å²) in [7, 11) is 0. The van der Waals surface area contributed by atoms with Gasteiger partial charge in [0.25, 0.3) is 0 Å². The minimum atomic E-state index is 0.0515. The van der Waals surface area contributed by atoms with Crippen molar-refractivity contribution in [2.75, 3.05) is 13.2 Å². The van der Waals surface area contributed by atoms with Crippen LogP contribution in [0.1, 0.15) is 34.1 Å². The zero-order valence-electron chi connectivity index (χ0n) is 8.13. The Balaban J connectivity index is 3.70. The molecule has 0 atom stereocenters. The van der Waals surface area contributed by atoms with Gasteiger partial charge < -0.3 is 0 Å². The Morgan fingerprint density at radius 3 is 1.82 bits per heavy atom. The third-order valence-electron chi connectivity index (χ3n) is 1.89. The first-order chi connectivity index (χ1) is 5.09. The molecule has 0 saturated carbocycles. The van der Waals surface area contributed by atoms with Gasteiger partial charge in [0.2, 0.25) is 0 Å². The molecule has 0 aliphatic heterocycles. The van der Waals surface area contributed by atoms with Gasteiger partial charge in [-0.1, -0.05) is 0 Å². The molecule has 67 valence electrons. The second-order valence-corrected chi connectivity index (χ2v) is 3.48. The van der Waals surface area contributed by atoms with Crippen LogP contribution in [-0.4, -0.2) is 30.1 Å². The van der Waals surface area contributed by atoms with E-state index in [0.717, 1.165) is 13.0 Å². The molecule has 0 spiro atoms. The first kappa shape index (κ1) is 10.9. The number of hydrogen-bond acceptors (Lipinski definition) is 1. The fourth-order valence-electron chi connectivity index (χ4n) is 1.36. The van der Waals surface area contributed by atoms with Crippen LogP contribution >= 0.6 is 0 Å². The highest BCUT2D eigenvalue weighted by atomic mass is 16.3. The molecule has 0 bridgehead atoms. The summed E-state index contributed by atoms with van der Waals surface area (Å²) in [6.07, 6.45) is 0.774. The van der Waals surface area contributed by atoms with Crippen molar-refractivity contribution in [1.82, 2.24) is 4.90 Å². The van der Waals surface area contributed by atoms with Gasteiger partial charge in [0.05, 0.1) is 6.61 Å². The minimum absolute atomic E-state index is 0.0515. The molecule has 11 heavy (non-hydrogen) atoms. The van der Waals surface area contributed by atoms with E-state index in [0.29, 0.717) is 12.1 Å². The van der Waals surface area contributed by atoms with E-state index in [9.17, 15) is 5.11 Å². The van der Waals surface area contributed by atoms with E-state index >= 15 is 0 Å². The Hall–Kier alpha value is -0.0800. The lowest BCUT2D eigenvalue weighted by Gasteiger charge is -2.29. The van der Waals surface area contributed by atoms with Gasteiger partial charge in [-0.15, -0.1) is 0 Å². The van der Waals surface area contributed by atoms with Gasteiger partial charge in [0.15, 0.2) is 0 Å². The van der Waals surface area contributed by atoms with Crippen LogP contribution in [0.15, 0.2) is 0 Å². The maximum atomic E-state index is 10.3. The van der Waals surface area contributed by atoms with Gasteiger partial charge in [-0.05, 0) is 34.1 Å². The summed E-state index contributed by atoms with van der Waals surface area (Å²) in [6.45, 7) is 9.68. The molecule has 0 amide bonds. The Kier molecular flexibility index (Phi) is 5.51. The molecular formula is C9H20NO. The lowest BCUT2D eigenvalue weighted by Crippen LogP contribution is -2.37. The van der Waals surface area contributed by atoms with E-state index < -0.39 is 0 Å². The van der Waals surface area contributed by atoms with Crippen LogP contribution in [0, 0.1) is 0 Å². The molecule has 0 heterocycles. The average molecular weight is 158 g/mol. The second-order valence-electron chi connectivity index (χ2n) is 3.48. The summed E-state index contributed by atoms with van der Waals surface area (Å²) < 4.78 is 0. The fraction of sp³-hybridized carbons (Fsp3) is 1.00. The van der Waals surface area contributed by atoms with Crippen LogP contribution in [0.4, 0.5) is 0 Å². The normalized spacial score (nSPS) is 12.0. The van der Waals surface area contributed by atoms with E-state index in [1.165, 1.54) is 0 Å². The van der Waals surface area contributed by atoms with Crippen LogP contribution in [-0.2, 0) is 5.11 Å². The molecule has 1 radical (unpaired) electrons.